The molecule has 0 unspecified atom stereocenters. The van der Waals surface area contributed by atoms with Crippen LogP contribution >= 0.6 is 7.26 Å². The monoisotopic (exact) mass is 413 g/mol. The van der Waals surface area contributed by atoms with E-state index in [0.717, 1.165) is 35.2 Å². The van der Waals surface area contributed by atoms with Gasteiger partial charge in [-0.15, -0.1) is 0 Å². The van der Waals surface area contributed by atoms with Gasteiger partial charge in [0.05, 0.1) is 0 Å². The number of carbonyl (C=O) groups excluding carboxylic acids is 2. The Balaban J connectivity index is 1.66. The molecule has 29 heavy (non-hydrogen) atoms. The molecule has 0 bridgehead atoms. The molecule has 1 fully saturated rings. The summed E-state index contributed by atoms with van der Waals surface area (Å²) in [5, 5.41) is 2.80. The van der Waals surface area contributed by atoms with Gasteiger partial charge in [0.2, 0.25) is 0 Å². The minimum atomic E-state index is -2.17. The summed E-state index contributed by atoms with van der Waals surface area (Å²) in [5.41, 5.74) is 5.23. The van der Waals surface area contributed by atoms with Crippen LogP contribution in [0.3, 0.4) is 0 Å². The second-order valence-electron chi connectivity index (χ2n) is 9.02. The van der Waals surface area contributed by atoms with Crippen molar-refractivity contribution in [1.82, 2.24) is 0 Å². The molecule has 5 heteroatoms. The number of amides is 1. The van der Waals surface area contributed by atoms with Crippen LogP contribution in [0.25, 0.3) is 0 Å². The van der Waals surface area contributed by atoms with E-state index in [1.807, 2.05) is 44.2 Å². The zero-order valence-electron chi connectivity index (χ0n) is 18.1. The van der Waals surface area contributed by atoms with Crippen molar-refractivity contribution in [3.05, 3.63) is 64.7 Å². The number of carbonyl (C=O) groups is 2. The van der Waals surface area contributed by atoms with Gasteiger partial charge in [-0.1, -0.05) is 0 Å². The summed E-state index contributed by atoms with van der Waals surface area (Å²) >= 11 is 0. The van der Waals surface area contributed by atoms with E-state index in [1.165, 1.54) is 5.56 Å². The van der Waals surface area contributed by atoms with Gasteiger partial charge in [-0.25, -0.2) is 0 Å². The molecular weight excluding hydrogens is 381 g/mol. The zero-order valence-corrected chi connectivity index (χ0v) is 19.1. The Morgan fingerprint density at radius 3 is 2.17 bits per heavy atom. The van der Waals surface area contributed by atoms with Crippen molar-refractivity contribution in [3.63, 3.8) is 0 Å². The van der Waals surface area contributed by atoms with Crippen molar-refractivity contribution in [1.29, 1.82) is 0 Å². The van der Waals surface area contributed by atoms with Gasteiger partial charge in [0.15, 0.2) is 0 Å². The van der Waals surface area contributed by atoms with E-state index in [0.29, 0.717) is 6.16 Å². The normalized spacial score (nSPS) is 15.5. The van der Waals surface area contributed by atoms with E-state index in [-0.39, 0.29) is 23.6 Å². The molecule has 0 spiro atoms. The maximum atomic E-state index is 13.3. The number of benzene rings is 2. The van der Waals surface area contributed by atoms with E-state index in [1.54, 1.807) is 0 Å². The second-order valence-corrected chi connectivity index (χ2v) is 14.1. The van der Waals surface area contributed by atoms with Crippen LogP contribution in [0.15, 0.2) is 42.5 Å². The molecular formula is C24H32NO3P. The molecule has 2 aromatic carbocycles. The Bertz CT molecular complexity index is 894. The Kier molecular flexibility index (Phi) is 6.14. The molecule has 1 saturated carbocycles. The summed E-state index contributed by atoms with van der Waals surface area (Å²) in [6.45, 7) is 10.7. The van der Waals surface area contributed by atoms with Crippen molar-refractivity contribution in [2.45, 2.75) is 45.4 Å². The second kappa shape index (κ2) is 8.28. The van der Waals surface area contributed by atoms with Gasteiger partial charge < -0.3 is 0 Å². The SMILES string of the molecule is Cc1cc(C)c(NC(=O)C2([PH](C)(C)CC(=O)OCc3ccccc3)CC2)c(C)c1. The molecule has 2 aromatic rings. The predicted molar refractivity (Wildman–Crippen MR) is 123 cm³/mol. The Hall–Kier alpha value is -2.19. The van der Waals surface area contributed by atoms with Crippen LogP contribution in [-0.2, 0) is 20.9 Å². The number of aryl methyl sites for hydroxylation is 3. The van der Waals surface area contributed by atoms with E-state index < -0.39 is 7.26 Å². The Morgan fingerprint density at radius 1 is 1.03 bits per heavy atom. The minimum absolute atomic E-state index is 0.0695. The summed E-state index contributed by atoms with van der Waals surface area (Å²) in [5.74, 6) is -0.132. The Labute approximate surface area is 174 Å². The molecule has 3 rings (SSSR count). The van der Waals surface area contributed by atoms with E-state index in [2.05, 4.69) is 37.7 Å². The summed E-state index contributed by atoms with van der Waals surface area (Å²) < 4.78 is 5.50. The van der Waals surface area contributed by atoms with Gasteiger partial charge in [-0.3, -0.25) is 0 Å². The third kappa shape index (κ3) is 4.70. The topological polar surface area (TPSA) is 55.4 Å². The molecule has 0 radical (unpaired) electrons. The van der Waals surface area contributed by atoms with Crippen molar-refractivity contribution < 1.29 is 14.3 Å². The number of hydrogen-bond acceptors (Lipinski definition) is 3. The van der Waals surface area contributed by atoms with Crippen LogP contribution in [0.2, 0.25) is 0 Å². The summed E-state index contributed by atoms with van der Waals surface area (Å²) in [6.07, 6.45) is 2.07. The fraction of sp³-hybridized carbons (Fsp3) is 0.417. The first kappa shape index (κ1) is 21.5. The number of nitrogens with one attached hydrogen (secondary N) is 1. The quantitative estimate of drug-likeness (QED) is 0.522. The molecule has 0 heterocycles. The molecule has 0 aliphatic heterocycles. The van der Waals surface area contributed by atoms with E-state index in [4.69, 9.17) is 4.74 Å². The zero-order chi connectivity index (χ0) is 21.2. The first-order valence-electron chi connectivity index (χ1n) is 10.2. The van der Waals surface area contributed by atoms with Gasteiger partial charge in [0, 0.05) is 0 Å². The summed E-state index contributed by atoms with van der Waals surface area (Å²) in [6, 6.07) is 13.9. The fourth-order valence-corrected chi connectivity index (χ4v) is 7.58. The van der Waals surface area contributed by atoms with Gasteiger partial charge in [0.25, 0.3) is 0 Å². The molecule has 4 nitrogen and oxygen atoms in total. The average molecular weight is 413 g/mol. The third-order valence-electron chi connectivity index (χ3n) is 6.22. The van der Waals surface area contributed by atoms with Crippen LogP contribution < -0.4 is 5.32 Å². The van der Waals surface area contributed by atoms with Crippen LogP contribution in [0, 0.1) is 20.8 Å². The van der Waals surface area contributed by atoms with Crippen molar-refractivity contribution in [2.75, 3.05) is 24.8 Å². The maximum absolute atomic E-state index is 13.3. The van der Waals surface area contributed by atoms with Gasteiger partial charge in [0.1, 0.15) is 0 Å². The molecule has 1 aliphatic rings. The van der Waals surface area contributed by atoms with Crippen LogP contribution in [0.5, 0.6) is 0 Å². The predicted octanol–water partition coefficient (Wildman–Crippen LogP) is 4.84. The Morgan fingerprint density at radius 2 is 1.62 bits per heavy atom. The molecule has 0 aromatic heterocycles. The number of anilines is 1. The fourth-order valence-electron chi connectivity index (χ4n) is 4.27. The summed E-state index contributed by atoms with van der Waals surface area (Å²) in [7, 11) is -2.17. The van der Waals surface area contributed by atoms with Crippen molar-refractivity contribution >= 4 is 24.8 Å². The molecule has 156 valence electrons. The first-order chi connectivity index (χ1) is 13.6. The number of rotatable bonds is 7. The van der Waals surface area contributed by atoms with Crippen molar-refractivity contribution in [3.8, 4) is 0 Å². The molecule has 1 amide bonds. The van der Waals surface area contributed by atoms with Gasteiger partial charge >= 0.3 is 174 Å². The number of esters is 1. The van der Waals surface area contributed by atoms with E-state index in [9.17, 15) is 9.59 Å². The molecule has 0 saturated heterocycles. The standard InChI is InChI=1S/C24H32NO3P/c1-17-13-18(2)22(19(3)14-17)25-23(27)24(11-12-24)29(4,5)16-21(26)28-15-20-9-7-6-8-10-20/h6-10,13-14,29H,11-12,15-16H2,1-5H3,(H,25,27). The molecule has 1 N–H and O–H groups in total. The first-order valence-corrected chi connectivity index (χ1v) is 13.4. The van der Waals surface area contributed by atoms with Gasteiger partial charge in [-0.05, 0) is 0 Å². The van der Waals surface area contributed by atoms with Crippen LogP contribution in [0.1, 0.15) is 35.1 Å². The summed E-state index contributed by atoms with van der Waals surface area (Å²) in [4.78, 5) is 25.8. The molecule has 0 atom stereocenters. The third-order valence-corrected chi connectivity index (χ3v) is 10.7. The van der Waals surface area contributed by atoms with Crippen molar-refractivity contribution in [2.24, 2.45) is 0 Å². The molecule has 1 aliphatic carbocycles. The average Bonchev–Trinajstić information content (AvgIpc) is 3.46. The van der Waals surface area contributed by atoms with Crippen LogP contribution in [0.4, 0.5) is 5.69 Å². The van der Waals surface area contributed by atoms with Crippen LogP contribution in [-0.4, -0.2) is 36.5 Å². The number of hydrogen-bond donors (Lipinski definition) is 1. The number of ether oxygens (including phenoxy) is 1. The van der Waals surface area contributed by atoms with E-state index >= 15 is 0 Å². The van der Waals surface area contributed by atoms with Gasteiger partial charge in [-0.2, -0.15) is 0 Å².